The Morgan fingerprint density at radius 3 is 2.54 bits per heavy atom. The molecule has 0 aromatic heterocycles. The van der Waals surface area contributed by atoms with Crippen LogP contribution in [0.5, 0.6) is 0 Å². The molecule has 0 radical (unpaired) electrons. The van der Waals surface area contributed by atoms with E-state index in [2.05, 4.69) is 0 Å². The number of nitrogens with zero attached hydrogens (tertiary/aromatic N) is 2. The largest absolute Gasteiger partial charge is 0.296 e. The van der Waals surface area contributed by atoms with Gasteiger partial charge in [-0.15, -0.1) is 0 Å². The number of nitriles is 1. The van der Waals surface area contributed by atoms with Gasteiger partial charge in [0.15, 0.2) is 0 Å². The number of hydrogen-bond donors (Lipinski definition) is 0. The zero-order valence-electron chi connectivity index (χ0n) is 6.58. The summed E-state index contributed by atoms with van der Waals surface area (Å²) in [6.45, 7) is 0. The first kappa shape index (κ1) is 9.55. The summed E-state index contributed by atoms with van der Waals surface area (Å²) >= 11 is 0.644. The molecule has 66 valence electrons. The van der Waals surface area contributed by atoms with Crippen LogP contribution in [0.15, 0.2) is 30.3 Å². The summed E-state index contributed by atoms with van der Waals surface area (Å²) in [4.78, 5) is 10.1. The summed E-state index contributed by atoms with van der Waals surface area (Å²) in [6, 6.07) is 8.47. The summed E-state index contributed by atoms with van der Waals surface area (Å²) in [5.41, 5.74) is 0.541. The van der Waals surface area contributed by atoms with E-state index in [9.17, 15) is 10.1 Å². The van der Waals surface area contributed by atoms with E-state index in [-0.39, 0.29) is 0 Å². The fourth-order valence-electron chi connectivity index (χ4n) is 0.900. The Morgan fingerprint density at radius 2 is 2.08 bits per heavy atom. The molecule has 0 saturated heterocycles. The molecule has 0 aliphatic carbocycles. The van der Waals surface area contributed by atoms with E-state index < -0.39 is 10.3 Å². The highest BCUT2D eigenvalue weighted by Crippen LogP contribution is 2.27. The van der Waals surface area contributed by atoms with Crippen LogP contribution in [0.4, 0.5) is 0 Å². The second kappa shape index (κ2) is 4.48. The standard InChI is InChI=1S/C8H6N2O2S/c9-6-13-8(10(11)12)7-4-2-1-3-5-7/h1-5,8H. The Labute approximate surface area is 79.3 Å². The molecule has 0 saturated carbocycles. The average molecular weight is 194 g/mol. The highest BCUT2D eigenvalue weighted by Gasteiger charge is 2.22. The Morgan fingerprint density at radius 1 is 1.46 bits per heavy atom. The fourth-order valence-corrected chi connectivity index (χ4v) is 1.38. The lowest BCUT2D eigenvalue weighted by atomic mass is 10.2. The Hall–Kier alpha value is -1.54. The average Bonchev–Trinajstić information content (AvgIpc) is 2.15. The first-order valence-electron chi connectivity index (χ1n) is 3.49. The molecule has 0 heterocycles. The van der Waals surface area contributed by atoms with Gasteiger partial charge in [0.1, 0.15) is 5.40 Å². The Balaban J connectivity index is 2.90. The van der Waals surface area contributed by atoms with Gasteiger partial charge in [0.25, 0.3) is 5.37 Å². The maximum Gasteiger partial charge on any atom is 0.296 e. The summed E-state index contributed by atoms with van der Waals surface area (Å²) in [7, 11) is 0. The van der Waals surface area contributed by atoms with Crippen molar-refractivity contribution in [3.8, 4) is 5.40 Å². The van der Waals surface area contributed by atoms with Gasteiger partial charge >= 0.3 is 0 Å². The SMILES string of the molecule is N#CSC(c1ccccc1)[N+](=O)[O-]. The first-order chi connectivity index (χ1) is 6.25. The van der Waals surface area contributed by atoms with Crippen molar-refractivity contribution in [3.05, 3.63) is 46.0 Å². The van der Waals surface area contributed by atoms with Gasteiger partial charge in [-0.2, -0.15) is 5.26 Å². The van der Waals surface area contributed by atoms with E-state index in [1.807, 2.05) is 0 Å². The van der Waals surface area contributed by atoms with Gasteiger partial charge in [-0.3, -0.25) is 10.1 Å². The second-order valence-corrected chi connectivity index (χ2v) is 3.12. The van der Waals surface area contributed by atoms with Gasteiger partial charge in [0, 0.05) is 22.2 Å². The number of rotatable bonds is 3. The van der Waals surface area contributed by atoms with Gasteiger partial charge in [-0.25, -0.2) is 0 Å². The topological polar surface area (TPSA) is 66.9 Å². The molecule has 0 fully saturated rings. The third kappa shape index (κ3) is 2.46. The molecule has 4 nitrogen and oxygen atoms in total. The van der Waals surface area contributed by atoms with Gasteiger partial charge in [-0.1, -0.05) is 30.3 Å². The lowest BCUT2D eigenvalue weighted by molar-refractivity contribution is -0.500. The quantitative estimate of drug-likeness (QED) is 0.320. The molecule has 0 N–H and O–H groups in total. The molecule has 1 unspecified atom stereocenters. The molecular formula is C8H6N2O2S. The van der Waals surface area contributed by atoms with Crippen LogP contribution in [0.25, 0.3) is 0 Å². The number of nitro groups is 1. The summed E-state index contributed by atoms with van der Waals surface area (Å²) in [6.07, 6.45) is 0. The van der Waals surface area contributed by atoms with Crippen LogP contribution >= 0.6 is 11.8 Å². The van der Waals surface area contributed by atoms with Crippen LogP contribution in [0.2, 0.25) is 0 Å². The van der Waals surface area contributed by atoms with E-state index in [0.29, 0.717) is 17.3 Å². The van der Waals surface area contributed by atoms with Crippen molar-refractivity contribution in [2.24, 2.45) is 0 Å². The minimum atomic E-state index is -0.980. The van der Waals surface area contributed by atoms with Crippen LogP contribution in [0.1, 0.15) is 10.9 Å². The number of hydrogen-bond acceptors (Lipinski definition) is 4. The van der Waals surface area contributed by atoms with Gasteiger partial charge in [-0.05, 0) is 0 Å². The molecule has 0 amide bonds. The fraction of sp³-hybridized carbons (Fsp3) is 0.125. The first-order valence-corrected chi connectivity index (χ1v) is 4.37. The van der Waals surface area contributed by atoms with Crippen molar-refractivity contribution in [2.45, 2.75) is 5.37 Å². The lowest BCUT2D eigenvalue weighted by Gasteiger charge is -2.03. The van der Waals surface area contributed by atoms with E-state index in [1.165, 1.54) is 0 Å². The molecule has 0 aliphatic heterocycles. The maximum atomic E-state index is 10.5. The Bertz CT molecular complexity index is 334. The second-order valence-electron chi connectivity index (χ2n) is 2.26. The molecule has 1 aromatic rings. The highest BCUT2D eigenvalue weighted by molar-refractivity contribution is 8.03. The summed E-state index contributed by atoms with van der Waals surface area (Å²) in [5.74, 6) is 0. The normalized spacial score (nSPS) is 11.6. The van der Waals surface area contributed by atoms with Gasteiger partial charge < -0.3 is 0 Å². The van der Waals surface area contributed by atoms with Gasteiger partial charge in [0.2, 0.25) is 0 Å². The van der Waals surface area contributed by atoms with Crippen molar-refractivity contribution in [3.63, 3.8) is 0 Å². The van der Waals surface area contributed by atoms with Crippen LogP contribution in [-0.2, 0) is 0 Å². The molecule has 13 heavy (non-hydrogen) atoms. The van der Waals surface area contributed by atoms with Crippen LogP contribution in [0.3, 0.4) is 0 Å². The maximum absolute atomic E-state index is 10.5. The molecule has 0 bridgehead atoms. The third-order valence-electron chi connectivity index (χ3n) is 1.44. The van der Waals surface area contributed by atoms with E-state index in [4.69, 9.17) is 5.26 Å². The van der Waals surface area contributed by atoms with E-state index >= 15 is 0 Å². The molecule has 1 atom stereocenters. The van der Waals surface area contributed by atoms with Crippen molar-refractivity contribution in [1.82, 2.24) is 0 Å². The third-order valence-corrected chi connectivity index (χ3v) is 2.21. The zero-order chi connectivity index (χ0) is 9.68. The smallest absolute Gasteiger partial charge is 0.263 e. The molecular weight excluding hydrogens is 188 g/mol. The molecule has 0 aliphatic rings. The van der Waals surface area contributed by atoms with Gasteiger partial charge in [0.05, 0.1) is 0 Å². The lowest BCUT2D eigenvalue weighted by Crippen LogP contribution is -2.05. The van der Waals surface area contributed by atoms with Crippen LogP contribution < -0.4 is 0 Å². The minimum absolute atomic E-state index is 0.469. The highest BCUT2D eigenvalue weighted by atomic mass is 32.2. The number of thiocyanates is 1. The van der Waals surface area contributed by atoms with E-state index in [1.54, 1.807) is 35.7 Å². The van der Waals surface area contributed by atoms with Crippen molar-refractivity contribution < 1.29 is 4.92 Å². The summed E-state index contributed by atoms with van der Waals surface area (Å²) < 4.78 is 0. The van der Waals surface area contributed by atoms with E-state index in [0.717, 1.165) is 0 Å². The zero-order valence-corrected chi connectivity index (χ0v) is 7.40. The van der Waals surface area contributed by atoms with Crippen molar-refractivity contribution in [1.29, 1.82) is 5.26 Å². The molecule has 1 rings (SSSR count). The van der Waals surface area contributed by atoms with Crippen LogP contribution in [0, 0.1) is 20.8 Å². The Kier molecular flexibility index (Phi) is 3.29. The minimum Gasteiger partial charge on any atom is -0.263 e. The molecule has 1 aromatic carbocycles. The molecule has 5 heteroatoms. The predicted octanol–water partition coefficient (Wildman–Crippen LogP) is 2.18. The van der Waals surface area contributed by atoms with Crippen molar-refractivity contribution >= 4 is 11.8 Å². The van der Waals surface area contributed by atoms with Crippen LogP contribution in [-0.4, -0.2) is 4.92 Å². The summed E-state index contributed by atoms with van der Waals surface area (Å²) in [5, 5.41) is 19.6. The monoisotopic (exact) mass is 194 g/mol. The number of thioether (sulfide) groups is 1. The molecule has 0 spiro atoms. The van der Waals surface area contributed by atoms with Crippen molar-refractivity contribution in [2.75, 3.05) is 0 Å². The number of benzene rings is 1. The predicted molar refractivity (Wildman–Crippen MR) is 49.4 cm³/mol.